The molecule has 5 nitrogen and oxygen atoms in total. The van der Waals surface area contributed by atoms with Gasteiger partial charge in [0.05, 0.1) is 10.6 Å². The summed E-state index contributed by atoms with van der Waals surface area (Å²) in [6.07, 6.45) is -1.90. The number of nitrogens with zero attached hydrogens (tertiary/aromatic N) is 3. The zero-order valence-corrected chi connectivity index (χ0v) is 19.6. The SMILES string of the molecule is CN=C(NCCc1cccs1)NC1CCN(c2ncc(C(F)(F)F)cc2Cl)C1.I. The van der Waals surface area contributed by atoms with Crippen molar-refractivity contribution >= 4 is 58.7 Å². The molecule has 1 fully saturated rings. The molecule has 2 N–H and O–H groups in total. The van der Waals surface area contributed by atoms with Gasteiger partial charge in [0.15, 0.2) is 5.96 Å². The number of guanidine groups is 1. The highest BCUT2D eigenvalue weighted by molar-refractivity contribution is 14.0. The van der Waals surface area contributed by atoms with Crippen LogP contribution in [0.2, 0.25) is 5.02 Å². The molecule has 3 heterocycles. The molecule has 1 saturated heterocycles. The zero-order chi connectivity index (χ0) is 20.1. The van der Waals surface area contributed by atoms with E-state index < -0.39 is 11.7 Å². The number of thiophene rings is 1. The number of hydrogen-bond donors (Lipinski definition) is 2. The van der Waals surface area contributed by atoms with Crippen LogP contribution < -0.4 is 15.5 Å². The van der Waals surface area contributed by atoms with Gasteiger partial charge < -0.3 is 15.5 Å². The van der Waals surface area contributed by atoms with Gasteiger partial charge in [-0.2, -0.15) is 13.2 Å². The molecule has 0 radical (unpaired) electrons. The average Bonchev–Trinajstić information content (AvgIpc) is 3.32. The minimum Gasteiger partial charge on any atom is -0.356 e. The van der Waals surface area contributed by atoms with Crippen LogP contribution in [0.3, 0.4) is 0 Å². The molecule has 0 aromatic carbocycles. The van der Waals surface area contributed by atoms with Crippen molar-refractivity contribution in [3.63, 3.8) is 0 Å². The predicted octanol–water partition coefficient (Wildman–Crippen LogP) is 4.42. The second-order valence-electron chi connectivity index (χ2n) is 6.43. The van der Waals surface area contributed by atoms with Crippen LogP contribution in [0.15, 0.2) is 34.8 Å². The molecule has 1 aliphatic heterocycles. The van der Waals surface area contributed by atoms with Crippen molar-refractivity contribution < 1.29 is 13.2 Å². The smallest absolute Gasteiger partial charge is 0.356 e. The second-order valence-corrected chi connectivity index (χ2v) is 7.87. The van der Waals surface area contributed by atoms with Crippen LogP contribution in [0.5, 0.6) is 0 Å². The van der Waals surface area contributed by atoms with E-state index in [4.69, 9.17) is 11.6 Å². The van der Waals surface area contributed by atoms with Gasteiger partial charge in [-0.25, -0.2) is 4.98 Å². The maximum atomic E-state index is 12.8. The van der Waals surface area contributed by atoms with Crippen LogP contribution in [0.25, 0.3) is 0 Å². The quantitative estimate of drug-likeness (QED) is 0.324. The normalized spacial score (nSPS) is 17.2. The topological polar surface area (TPSA) is 52.6 Å². The number of aromatic nitrogens is 1. The fourth-order valence-electron chi connectivity index (χ4n) is 3.04. The molecule has 1 atom stereocenters. The lowest BCUT2D eigenvalue weighted by Crippen LogP contribution is -2.45. The molecule has 2 aromatic heterocycles. The zero-order valence-electron chi connectivity index (χ0n) is 15.7. The van der Waals surface area contributed by atoms with E-state index in [-0.39, 0.29) is 35.0 Å². The Labute approximate surface area is 193 Å². The van der Waals surface area contributed by atoms with E-state index in [0.29, 0.717) is 24.9 Å². The summed E-state index contributed by atoms with van der Waals surface area (Å²) in [5.41, 5.74) is -0.842. The minimum absolute atomic E-state index is 0. The lowest BCUT2D eigenvalue weighted by atomic mass is 10.2. The van der Waals surface area contributed by atoms with Gasteiger partial charge in [0, 0.05) is 43.8 Å². The van der Waals surface area contributed by atoms with Gasteiger partial charge in [-0.15, -0.1) is 35.3 Å². The van der Waals surface area contributed by atoms with Crippen LogP contribution in [0.1, 0.15) is 16.9 Å². The summed E-state index contributed by atoms with van der Waals surface area (Å²) in [6.45, 7) is 2.01. The van der Waals surface area contributed by atoms with Gasteiger partial charge in [0.25, 0.3) is 0 Å². The van der Waals surface area contributed by atoms with E-state index >= 15 is 0 Å². The van der Waals surface area contributed by atoms with Gasteiger partial charge >= 0.3 is 6.18 Å². The molecule has 1 unspecified atom stereocenters. The Balaban J connectivity index is 0.00000300. The Hall–Kier alpha value is -1.27. The van der Waals surface area contributed by atoms with E-state index in [2.05, 4.69) is 32.1 Å². The highest BCUT2D eigenvalue weighted by Crippen LogP contribution is 2.34. The van der Waals surface area contributed by atoms with Crippen molar-refractivity contribution in [3.05, 3.63) is 45.2 Å². The van der Waals surface area contributed by atoms with Crippen molar-refractivity contribution in [2.24, 2.45) is 4.99 Å². The molecule has 0 aliphatic carbocycles. The van der Waals surface area contributed by atoms with E-state index in [9.17, 15) is 13.2 Å². The number of nitrogens with one attached hydrogen (secondary N) is 2. The second kappa shape index (κ2) is 10.7. The van der Waals surface area contributed by atoms with Crippen LogP contribution in [0.4, 0.5) is 19.0 Å². The summed E-state index contributed by atoms with van der Waals surface area (Å²) in [5.74, 6) is 1.08. The van der Waals surface area contributed by atoms with Gasteiger partial charge in [-0.05, 0) is 30.4 Å². The summed E-state index contributed by atoms with van der Waals surface area (Å²) in [6, 6.07) is 5.15. The van der Waals surface area contributed by atoms with Gasteiger partial charge in [-0.3, -0.25) is 4.99 Å². The largest absolute Gasteiger partial charge is 0.417 e. The molecular formula is C18H22ClF3IN5S. The molecule has 0 amide bonds. The monoisotopic (exact) mass is 559 g/mol. The maximum absolute atomic E-state index is 12.8. The summed E-state index contributed by atoms with van der Waals surface area (Å²) in [4.78, 5) is 11.4. The summed E-state index contributed by atoms with van der Waals surface area (Å²) in [5, 5.41) is 8.70. The van der Waals surface area contributed by atoms with E-state index in [1.165, 1.54) is 4.88 Å². The minimum atomic E-state index is -4.45. The lowest BCUT2D eigenvalue weighted by molar-refractivity contribution is -0.137. The molecule has 11 heteroatoms. The van der Waals surface area contributed by atoms with Crippen molar-refractivity contribution in [1.82, 2.24) is 15.6 Å². The fourth-order valence-corrected chi connectivity index (χ4v) is 4.03. The molecule has 3 rings (SSSR count). The van der Waals surface area contributed by atoms with Crippen LogP contribution >= 0.6 is 46.9 Å². The van der Waals surface area contributed by atoms with Crippen molar-refractivity contribution in [2.75, 3.05) is 31.6 Å². The standard InChI is InChI=1S/C18H21ClF3N5S.HI/c1-23-17(24-6-4-14-3-2-8-28-14)26-13-5-7-27(11-13)16-15(19)9-12(10-25-16)18(20,21)22;/h2-3,8-10,13H,4-7,11H2,1H3,(H2,23,24,26);1H. The molecule has 1 aliphatic rings. The molecule has 160 valence electrons. The first-order valence-electron chi connectivity index (χ1n) is 8.84. The van der Waals surface area contributed by atoms with Crippen LogP contribution in [0, 0.1) is 0 Å². The van der Waals surface area contributed by atoms with Gasteiger partial charge in [-0.1, -0.05) is 17.7 Å². The fraction of sp³-hybridized carbons (Fsp3) is 0.444. The van der Waals surface area contributed by atoms with E-state index in [1.54, 1.807) is 18.4 Å². The highest BCUT2D eigenvalue weighted by atomic mass is 127. The first-order chi connectivity index (χ1) is 13.4. The predicted molar refractivity (Wildman–Crippen MR) is 123 cm³/mol. The molecule has 0 saturated carbocycles. The van der Waals surface area contributed by atoms with Crippen LogP contribution in [-0.2, 0) is 12.6 Å². The van der Waals surface area contributed by atoms with Crippen molar-refractivity contribution in [3.8, 4) is 0 Å². The van der Waals surface area contributed by atoms with E-state index in [0.717, 1.165) is 31.6 Å². The highest BCUT2D eigenvalue weighted by Gasteiger charge is 2.33. The van der Waals surface area contributed by atoms with Crippen molar-refractivity contribution in [2.45, 2.75) is 25.1 Å². The number of rotatable bonds is 5. The Morgan fingerprint density at radius 2 is 2.24 bits per heavy atom. The third kappa shape index (κ3) is 6.61. The summed E-state index contributed by atoms with van der Waals surface area (Å²) >= 11 is 7.77. The molecule has 0 bridgehead atoms. The number of anilines is 1. The third-order valence-electron chi connectivity index (χ3n) is 4.45. The van der Waals surface area contributed by atoms with Gasteiger partial charge in [0.2, 0.25) is 0 Å². The Kier molecular flexibility index (Phi) is 8.83. The number of pyridine rings is 1. The van der Waals surface area contributed by atoms with Gasteiger partial charge in [0.1, 0.15) is 5.82 Å². The first-order valence-corrected chi connectivity index (χ1v) is 10.1. The van der Waals surface area contributed by atoms with E-state index in [1.807, 2.05) is 11.0 Å². The Bertz CT molecular complexity index is 816. The number of aliphatic imine (C=N–C) groups is 1. The number of hydrogen-bond acceptors (Lipinski definition) is 4. The first kappa shape index (κ1) is 24.0. The summed E-state index contributed by atoms with van der Waals surface area (Å²) in [7, 11) is 1.71. The summed E-state index contributed by atoms with van der Waals surface area (Å²) < 4.78 is 38.3. The Morgan fingerprint density at radius 3 is 2.86 bits per heavy atom. The molecule has 2 aromatic rings. The molecular weight excluding hydrogens is 538 g/mol. The maximum Gasteiger partial charge on any atom is 0.417 e. The average molecular weight is 560 g/mol. The van der Waals surface area contributed by atoms with Crippen LogP contribution in [-0.4, -0.2) is 43.7 Å². The Morgan fingerprint density at radius 1 is 1.45 bits per heavy atom. The molecule has 29 heavy (non-hydrogen) atoms. The van der Waals surface area contributed by atoms with Crippen molar-refractivity contribution in [1.29, 1.82) is 0 Å². The number of halogens is 5. The molecule has 0 spiro atoms. The third-order valence-corrected chi connectivity index (χ3v) is 5.66. The number of alkyl halides is 3. The lowest BCUT2D eigenvalue weighted by Gasteiger charge is -2.21.